The molecule has 1 amide bonds. The average molecular weight is 408 g/mol. The van der Waals surface area contributed by atoms with Crippen LogP contribution in [0.25, 0.3) is 11.0 Å². The Morgan fingerprint density at radius 2 is 1.90 bits per heavy atom. The Bertz CT molecular complexity index is 1110. The summed E-state index contributed by atoms with van der Waals surface area (Å²) in [7, 11) is 0. The average Bonchev–Trinajstić information content (AvgIpc) is 3.15. The van der Waals surface area contributed by atoms with E-state index >= 15 is 0 Å². The van der Waals surface area contributed by atoms with Crippen LogP contribution in [0.3, 0.4) is 0 Å². The van der Waals surface area contributed by atoms with E-state index in [2.05, 4.69) is 17.1 Å². The van der Waals surface area contributed by atoms with Crippen molar-refractivity contribution < 1.29 is 13.6 Å². The van der Waals surface area contributed by atoms with Crippen molar-refractivity contribution in [3.05, 3.63) is 69.5 Å². The fourth-order valence-electron chi connectivity index (χ4n) is 4.04. The molecule has 1 N–H and O–H groups in total. The van der Waals surface area contributed by atoms with Gasteiger partial charge >= 0.3 is 0 Å². The summed E-state index contributed by atoms with van der Waals surface area (Å²) in [6.45, 7) is 8.42. The molecule has 0 aliphatic carbocycles. The van der Waals surface area contributed by atoms with Gasteiger partial charge in [-0.15, -0.1) is 0 Å². The molecule has 0 unspecified atom stereocenters. The molecular weight excluding hydrogens is 380 g/mol. The first-order valence-electron chi connectivity index (χ1n) is 10.5. The van der Waals surface area contributed by atoms with Crippen LogP contribution in [0.1, 0.15) is 53.4 Å². The molecule has 1 aliphatic heterocycles. The van der Waals surface area contributed by atoms with E-state index in [9.17, 15) is 9.59 Å². The number of likely N-dealkylation sites (tertiary alicyclic amines) is 1. The number of furan rings is 1. The molecule has 3 heterocycles. The molecule has 1 aromatic carbocycles. The van der Waals surface area contributed by atoms with Gasteiger partial charge in [-0.3, -0.25) is 14.5 Å². The highest BCUT2D eigenvalue weighted by molar-refractivity contribution is 5.93. The third-order valence-corrected chi connectivity index (χ3v) is 5.91. The largest absolute Gasteiger partial charge is 0.465 e. The molecule has 3 aromatic rings. The summed E-state index contributed by atoms with van der Waals surface area (Å²) in [6, 6.07) is 10.5. The Balaban J connectivity index is 1.53. The van der Waals surface area contributed by atoms with Crippen LogP contribution >= 0.6 is 0 Å². The number of amides is 1. The molecule has 0 spiro atoms. The molecule has 6 nitrogen and oxygen atoms in total. The smallest absolute Gasteiger partial charge is 0.287 e. The Morgan fingerprint density at radius 1 is 1.13 bits per heavy atom. The van der Waals surface area contributed by atoms with Gasteiger partial charge in [0.15, 0.2) is 11.2 Å². The molecule has 1 saturated heterocycles. The third kappa shape index (κ3) is 4.33. The number of nitrogens with one attached hydrogen (secondary N) is 1. The molecule has 6 heteroatoms. The summed E-state index contributed by atoms with van der Waals surface area (Å²) in [6.07, 6.45) is 2.26. The lowest BCUT2D eigenvalue weighted by atomic mass is 9.97. The highest BCUT2D eigenvalue weighted by Crippen LogP contribution is 2.27. The number of carbonyl (C=O) groups excluding carboxylic acids is 1. The minimum absolute atomic E-state index is 0.0259. The van der Waals surface area contributed by atoms with Crippen LogP contribution in [0, 0.1) is 19.8 Å². The lowest BCUT2D eigenvalue weighted by molar-refractivity contribution is 0.0870. The lowest BCUT2D eigenvalue weighted by Gasteiger charge is -2.35. The Kier molecular flexibility index (Phi) is 5.77. The van der Waals surface area contributed by atoms with Crippen LogP contribution in [0.15, 0.2) is 50.0 Å². The van der Waals surface area contributed by atoms with Gasteiger partial charge in [-0.1, -0.05) is 18.6 Å². The molecule has 1 atom stereocenters. The van der Waals surface area contributed by atoms with Crippen LogP contribution < -0.4 is 10.7 Å². The number of fused-ring (bicyclic) bond motifs is 1. The van der Waals surface area contributed by atoms with Gasteiger partial charge < -0.3 is 14.2 Å². The number of benzene rings is 1. The number of piperidine rings is 1. The third-order valence-electron chi connectivity index (χ3n) is 5.91. The van der Waals surface area contributed by atoms with E-state index < -0.39 is 5.91 Å². The van der Waals surface area contributed by atoms with Gasteiger partial charge in [0.2, 0.25) is 0 Å². The molecule has 30 heavy (non-hydrogen) atoms. The Hall–Kier alpha value is -2.86. The van der Waals surface area contributed by atoms with Crippen molar-refractivity contribution in [1.29, 1.82) is 0 Å². The standard InChI is InChI=1S/C24H28N2O4/c1-15-8-10-26(11-9-15)19(22-7-5-17(3)29-22)14-25-24(28)23-13-20(27)18-12-16(2)4-6-21(18)30-23/h4-7,12-13,15,19H,8-11,14H2,1-3H3,(H,25,28)/t19-/m0/s1. The number of rotatable bonds is 5. The van der Waals surface area contributed by atoms with Crippen LogP contribution in [0.5, 0.6) is 0 Å². The second-order valence-corrected chi connectivity index (χ2v) is 8.37. The first-order valence-corrected chi connectivity index (χ1v) is 10.5. The number of aryl methyl sites for hydroxylation is 2. The quantitative estimate of drug-likeness (QED) is 0.685. The van der Waals surface area contributed by atoms with Gasteiger partial charge in [0, 0.05) is 12.6 Å². The Morgan fingerprint density at radius 3 is 2.60 bits per heavy atom. The number of hydrogen-bond acceptors (Lipinski definition) is 5. The van der Waals surface area contributed by atoms with E-state index in [1.54, 1.807) is 12.1 Å². The van der Waals surface area contributed by atoms with Crippen LogP contribution in [-0.4, -0.2) is 30.4 Å². The summed E-state index contributed by atoms with van der Waals surface area (Å²) in [5.74, 6) is 2.04. The van der Waals surface area contributed by atoms with Crippen molar-refractivity contribution in [3.8, 4) is 0 Å². The zero-order valence-electron chi connectivity index (χ0n) is 17.7. The van der Waals surface area contributed by atoms with Crippen molar-refractivity contribution in [2.24, 2.45) is 5.92 Å². The molecule has 0 radical (unpaired) electrons. The summed E-state index contributed by atoms with van der Waals surface area (Å²) < 4.78 is 11.6. The molecule has 2 aromatic heterocycles. The summed E-state index contributed by atoms with van der Waals surface area (Å²) in [4.78, 5) is 27.6. The molecule has 0 saturated carbocycles. The van der Waals surface area contributed by atoms with Crippen molar-refractivity contribution >= 4 is 16.9 Å². The number of carbonyl (C=O) groups is 1. The predicted octanol–water partition coefficient (Wildman–Crippen LogP) is 4.21. The zero-order valence-corrected chi connectivity index (χ0v) is 17.7. The maximum Gasteiger partial charge on any atom is 0.287 e. The monoisotopic (exact) mass is 408 g/mol. The minimum atomic E-state index is -0.395. The minimum Gasteiger partial charge on any atom is -0.465 e. The van der Waals surface area contributed by atoms with Crippen LogP contribution in [0.4, 0.5) is 0 Å². The van der Waals surface area contributed by atoms with E-state index in [-0.39, 0.29) is 17.2 Å². The van der Waals surface area contributed by atoms with Gasteiger partial charge in [-0.05, 0) is 70.0 Å². The maximum atomic E-state index is 12.8. The fraction of sp³-hybridized carbons (Fsp3) is 0.417. The SMILES string of the molecule is Cc1ccc2oc(C(=O)NC[C@@H](c3ccc(C)o3)N3CCC(C)CC3)cc(=O)c2c1. The van der Waals surface area contributed by atoms with Crippen molar-refractivity contribution in [3.63, 3.8) is 0 Å². The van der Waals surface area contributed by atoms with Crippen molar-refractivity contribution in [2.45, 2.75) is 39.7 Å². The van der Waals surface area contributed by atoms with Gasteiger partial charge in [-0.2, -0.15) is 0 Å². The van der Waals surface area contributed by atoms with E-state index in [4.69, 9.17) is 8.83 Å². The molecule has 1 fully saturated rings. The van der Waals surface area contributed by atoms with Crippen molar-refractivity contribution in [2.75, 3.05) is 19.6 Å². The predicted molar refractivity (Wildman–Crippen MR) is 116 cm³/mol. The van der Waals surface area contributed by atoms with E-state index in [1.165, 1.54) is 6.07 Å². The second kappa shape index (κ2) is 8.48. The topological polar surface area (TPSA) is 75.7 Å². The first kappa shape index (κ1) is 20.4. The lowest BCUT2D eigenvalue weighted by Crippen LogP contribution is -2.41. The number of hydrogen-bond donors (Lipinski definition) is 1. The van der Waals surface area contributed by atoms with Gasteiger partial charge in [0.25, 0.3) is 5.91 Å². The zero-order chi connectivity index (χ0) is 21.3. The molecule has 4 rings (SSSR count). The molecule has 1 aliphatic rings. The van der Waals surface area contributed by atoms with Crippen LogP contribution in [0.2, 0.25) is 0 Å². The first-order chi connectivity index (χ1) is 14.4. The van der Waals surface area contributed by atoms with E-state index in [0.717, 1.165) is 43.0 Å². The second-order valence-electron chi connectivity index (χ2n) is 8.37. The fourth-order valence-corrected chi connectivity index (χ4v) is 4.04. The summed E-state index contributed by atoms with van der Waals surface area (Å²) >= 11 is 0. The molecular formula is C24H28N2O4. The normalized spacial score (nSPS) is 16.6. The Labute approximate surface area is 175 Å². The van der Waals surface area contributed by atoms with Crippen LogP contribution in [-0.2, 0) is 0 Å². The van der Waals surface area contributed by atoms with E-state index in [1.807, 2.05) is 32.0 Å². The highest BCUT2D eigenvalue weighted by atomic mass is 16.3. The highest BCUT2D eigenvalue weighted by Gasteiger charge is 2.27. The number of nitrogens with zero attached hydrogens (tertiary/aromatic N) is 1. The molecule has 158 valence electrons. The van der Waals surface area contributed by atoms with Gasteiger partial charge in [0.1, 0.15) is 17.1 Å². The summed E-state index contributed by atoms with van der Waals surface area (Å²) in [5, 5.41) is 3.43. The van der Waals surface area contributed by atoms with Crippen molar-refractivity contribution in [1.82, 2.24) is 10.2 Å². The van der Waals surface area contributed by atoms with Gasteiger partial charge in [-0.25, -0.2) is 0 Å². The molecule has 0 bridgehead atoms. The summed E-state index contributed by atoms with van der Waals surface area (Å²) in [5.41, 5.74) is 1.18. The van der Waals surface area contributed by atoms with E-state index in [0.29, 0.717) is 23.4 Å². The maximum absolute atomic E-state index is 12.8. The van der Waals surface area contributed by atoms with Gasteiger partial charge in [0.05, 0.1) is 11.4 Å².